The summed E-state index contributed by atoms with van der Waals surface area (Å²) in [5.74, 6) is -0.408. The van der Waals surface area contributed by atoms with Gasteiger partial charge in [0.15, 0.2) is 0 Å². The van der Waals surface area contributed by atoms with Gasteiger partial charge in [0.1, 0.15) is 35.4 Å². The SMILES string of the molecule is CC(C)(C)[S@+]([O-])NC(CF)c1cccc(-c2cc(COc3ccccc3CC(=O)O)cc3ccoc23)c1. The zero-order valence-corrected chi connectivity index (χ0v) is 21.8. The first-order chi connectivity index (χ1) is 17.7. The van der Waals surface area contributed by atoms with Gasteiger partial charge >= 0.3 is 5.97 Å². The molecule has 2 atom stereocenters. The molecule has 6 nitrogen and oxygen atoms in total. The Kier molecular flexibility index (Phi) is 8.22. The molecule has 8 heteroatoms. The topological polar surface area (TPSA) is 94.8 Å². The van der Waals surface area contributed by atoms with E-state index in [1.165, 1.54) is 0 Å². The van der Waals surface area contributed by atoms with Gasteiger partial charge in [0.2, 0.25) is 0 Å². The number of carboxylic acid groups (broad SMARTS) is 1. The molecule has 0 fully saturated rings. The van der Waals surface area contributed by atoms with E-state index in [0.29, 0.717) is 22.5 Å². The molecule has 4 rings (SSSR count). The number of ether oxygens (including phenoxy) is 1. The highest BCUT2D eigenvalue weighted by atomic mass is 32.2. The first-order valence-electron chi connectivity index (χ1n) is 11.9. The van der Waals surface area contributed by atoms with E-state index >= 15 is 0 Å². The highest BCUT2D eigenvalue weighted by Crippen LogP contribution is 2.33. The number of alkyl halides is 1. The molecule has 1 aromatic heterocycles. The molecule has 0 bridgehead atoms. The third-order valence-electron chi connectivity index (χ3n) is 5.88. The van der Waals surface area contributed by atoms with Crippen LogP contribution in [0.2, 0.25) is 0 Å². The highest BCUT2D eigenvalue weighted by molar-refractivity contribution is 7.90. The summed E-state index contributed by atoms with van der Waals surface area (Å²) in [7, 11) is 0. The first-order valence-corrected chi connectivity index (χ1v) is 13.1. The minimum Gasteiger partial charge on any atom is -0.598 e. The zero-order valence-electron chi connectivity index (χ0n) is 21.0. The molecule has 37 heavy (non-hydrogen) atoms. The predicted molar refractivity (Wildman–Crippen MR) is 144 cm³/mol. The van der Waals surface area contributed by atoms with Crippen molar-refractivity contribution < 1.29 is 28.0 Å². The fraction of sp³-hybridized carbons (Fsp3) is 0.276. The minimum absolute atomic E-state index is 0.126. The molecule has 4 aromatic rings. The van der Waals surface area contributed by atoms with E-state index < -0.39 is 34.8 Å². The summed E-state index contributed by atoms with van der Waals surface area (Å²) in [4.78, 5) is 11.2. The number of rotatable bonds is 10. The van der Waals surface area contributed by atoms with Crippen LogP contribution in [-0.2, 0) is 29.2 Å². The van der Waals surface area contributed by atoms with E-state index in [2.05, 4.69) is 4.72 Å². The lowest BCUT2D eigenvalue weighted by molar-refractivity contribution is -0.136. The molecule has 1 unspecified atom stereocenters. The summed E-state index contributed by atoms with van der Waals surface area (Å²) in [5.41, 5.74) is 4.48. The maximum absolute atomic E-state index is 14.0. The lowest BCUT2D eigenvalue weighted by Gasteiger charge is -2.27. The van der Waals surface area contributed by atoms with Crippen LogP contribution in [0.1, 0.15) is 43.5 Å². The largest absolute Gasteiger partial charge is 0.598 e. The van der Waals surface area contributed by atoms with Crippen molar-refractivity contribution in [3.8, 4) is 16.9 Å². The number of benzene rings is 3. The van der Waals surface area contributed by atoms with Crippen LogP contribution in [0, 0.1) is 0 Å². The van der Waals surface area contributed by atoms with Gasteiger partial charge in [-0.15, -0.1) is 4.72 Å². The molecule has 0 aliphatic heterocycles. The second-order valence-electron chi connectivity index (χ2n) is 9.78. The van der Waals surface area contributed by atoms with Gasteiger partial charge in [-0.1, -0.05) is 36.4 Å². The average Bonchev–Trinajstić information content (AvgIpc) is 3.34. The van der Waals surface area contributed by atoms with Gasteiger partial charge in [-0.3, -0.25) is 4.79 Å². The Hall–Kier alpha value is -3.33. The van der Waals surface area contributed by atoms with Crippen molar-refractivity contribution in [2.45, 2.75) is 44.6 Å². The van der Waals surface area contributed by atoms with Crippen molar-refractivity contribution in [2.24, 2.45) is 0 Å². The van der Waals surface area contributed by atoms with Gasteiger partial charge in [0.25, 0.3) is 0 Å². The molecule has 1 heterocycles. The second kappa shape index (κ2) is 11.4. The van der Waals surface area contributed by atoms with Gasteiger partial charge in [-0.05, 0) is 67.8 Å². The Balaban J connectivity index is 1.64. The van der Waals surface area contributed by atoms with E-state index in [0.717, 1.165) is 22.1 Å². The van der Waals surface area contributed by atoms with Crippen molar-refractivity contribution in [3.05, 3.63) is 89.7 Å². The van der Waals surface area contributed by atoms with E-state index in [1.807, 2.05) is 63.2 Å². The number of halogens is 1. The molecule has 0 saturated heterocycles. The third kappa shape index (κ3) is 6.52. The summed E-state index contributed by atoms with van der Waals surface area (Å²) >= 11 is -1.43. The summed E-state index contributed by atoms with van der Waals surface area (Å²) in [6.07, 6.45) is 1.49. The number of carbonyl (C=O) groups is 1. The molecule has 0 aliphatic rings. The summed E-state index contributed by atoms with van der Waals surface area (Å²) < 4.78 is 40.8. The van der Waals surface area contributed by atoms with Crippen LogP contribution in [-0.4, -0.2) is 27.1 Å². The average molecular weight is 524 g/mol. The minimum atomic E-state index is -1.43. The number of carboxylic acids is 1. The molecule has 2 N–H and O–H groups in total. The quantitative estimate of drug-likeness (QED) is 0.235. The van der Waals surface area contributed by atoms with Crippen LogP contribution in [0.4, 0.5) is 4.39 Å². The van der Waals surface area contributed by atoms with E-state index in [9.17, 15) is 18.8 Å². The van der Waals surface area contributed by atoms with E-state index in [4.69, 9.17) is 9.15 Å². The van der Waals surface area contributed by atoms with E-state index in [-0.39, 0.29) is 13.0 Å². The van der Waals surface area contributed by atoms with Crippen LogP contribution in [0.15, 0.2) is 77.4 Å². The lowest BCUT2D eigenvalue weighted by Crippen LogP contribution is -2.41. The summed E-state index contributed by atoms with van der Waals surface area (Å²) in [6.45, 7) is 5.03. The third-order valence-corrected chi connectivity index (χ3v) is 7.49. The van der Waals surface area contributed by atoms with Crippen molar-refractivity contribution >= 4 is 28.3 Å². The Bertz CT molecular complexity index is 1380. The number of hydrogen-bond donors (Lipinski definition) is 2. The van der Waals surface area contributed by atoms with Crippen molar-refractivity contribution in [3.63, 3.8) is 0 Å². The summed E-state index contributed by atoms with van der Waals surface area (Å²) in [5, 5.41) is 10.1. The Morgan fingerprint density at radius 1 is 1.14 bits per heavy atom. The lowest BCUT2D eigenvalue weighted by atomic mass is 9.97. The van der Waals surface area contributed by atoms with Crippen molar-refractivity contribution in [1.82, 2.24) is 4.72 Å². The number of fused-ring (bicyclic) bond motifs is 1. The zero-order chi connectivity index (χ0) is 26.6. The normalized spacial score (nSPS) is 13.4. The maximum atomic E-state index is 14.0. The van der Waals surface area contributed by atoms with Crippen LogP contribution in [0.25, 0.3) is 22.1 Å². The van der Waals surface area contributed by atoms with Gasteiger partial charge < -0.3 is 18.8 Å². The molecule has 0 radical (unpaired) electrons. The fourth-order valence-electron chi connectivity index (χ4n) is 3.97. The number of nitrogens with one attached hydrogen (secondary N) is 1. The predicted octanol–water partition coefficient (Wildman–Crippen LogP) is 6.37. The van der Waals surface area contributed by atoms with Crippen LogP contribution in [0.5, 0.6) is 5.75 Å². The maximum Gasteiger partial charge on any atom is 0.307 e. The Morgan fingerprint density at radius 3 is 2.65 bits per heavy atom. The van der Waals surface area contributed by atoms with Gasteiger partial charge in [-0.2, -0.15) is 0 Å². The first kappa shape index (κ1) is 26.7. The van der Waals surface area contributed by atoms with Gasteiger partial charge in [-0.25, -0.2) is 4.39 Å². The van der Waals surface area contributed by atoms with Crippen LogP contribution in [0.3, 0.4) is 0 Å². The van der Waals surface area contributed by atoms with Crippen molar-refractivity contribution in [2.75, 3.05) is 6.67 Å². The Labute approximate surface area is 218 Å². The number of aliphatic carboxylic acids is 1. The Morgan fingerprint density at radius 2 is 1.92 bits per heavy atom. The van der Waals surface area contributed by atoms with Gasteiger partial charge in [0.05, 0.1) is 12.7 Å². The number of hydrogen-bond acceptors (Lipinski definition) is 5. The summed E-state index contributed by atoms with van der Waals surface area (Å²) in [6, 6.07) is 19.6. The molecule has 0 spiro atoms. The van der Waals surface area contributed by atoms with Crippen molar-refractivity contribution in [1.29, 1.82) is 0 Å². The molecular formula is C29H30FNO5S. The monoisotopic (exact) mass is 523 g/mol. The molecule has 3 aromatic carbocycles. The van der Waals surface area contributed by atoms with E-state index in [1.54, 1.807) is 30.5 Å². The van der Waals surface area contributed by atoms with Crippen LogP contribution < -0.4 is 9.46 Å². The smallest absolute Gasteiger partial charge is 0.307 e. The number of para-hydroxylation sites is 1. The fourth-order valence-corrected chi connectivity index (χ4v) is 4.79. The molecule has 194 valence electrons. The van der Waals surface area contributed by atoms with Crippen LogP contribution >= 0.6 is 0 Å². The molecule has 0 aliphatic carbocycles. The number of furan rings is 1. The second-order valence-corrected chi connectivity index (χ2v) is 11.8. The van der Waals surface area contributed by atoms with Gasteiger partial charge in [0, 0.05) is 27.9 Å². The molecule has 0 saturated carbocycles. The molecular weight excluding hydrogens is 493 g/mol. The standard InChI is InChI=1S/C29H30FNO5S/c1-29(2,3)37(34)31-25(17-30)21-9-6-8-20(15-21)24-14-19(13-23-11-12-35-28(23)24)18-36-26-10-5-4-7-22(26)16-27(32)33/h4-15,25,31H,16-18H2,1-3H3,(H,32,33)/t25?,37-/m0/s1. The molecule has 0 amide bonds. The highest BCUT2D eigenvalue weighted by Gasteiger charge is 2.30.